The van der Waals surface area contributed by atoms with Crippen LogP contribution in [0.1, 0.15) is 34.9 Å². The predicted octanol–water partition coefficient (Wildman–Crippen LogP) is 4.18. The van der Waals surface area contributed by atoms with Crippen molar-refractivity contribution in [2.75, 3.05) is 11.4 Å². The van der Waals surface area contributed by atoms with Crippen molar-refractivity contribution >= 4 is 11.6 Å². The molecule has 0 unspecified atom stereocenters. The fourth-order valence-electron chi connectivity index (χ4n) is 3.56. The van der Waals surface area contributed by atoms with E-state index in [1.807, 2.05) is 62.1 Å². The van der Waals surface area contributed by atoms with E-state index in [0.29, 0.717) is 24.7 Å². The first-order chi connectivity index (χ1) is 12.5. The Bertz CT molecular complexity index is 957. The Morgan fingerprint density at radius 2 is 1.81 bits per heavy atom. The Balaban J connectivity index is 1.59. The summed E-state index contributed by atoms with van der Waals surface area (Å²) in [6.45, 7) is 6.67. The molecule has 1 aromatic heterocycles. The molecule has 0 N–H and O–H groups in total. The summed E-state index contributed by atoms with van der Waals surface area (Å²) in [5, 5.41) is 4.13. The van der Waals surface area contributed by atoms with Crippen molar-refractivity contribution in [1.29, 1.82) is 0 Å². The van der Waals surface area contributed by atoms with Crippen molar-refractivity contribution < 1.29 is 9.32 Å². The highest BCUT2D eigenvalue weighted by Gasteiger charge is 2.35. The van der Waals surface area contributed by atoms with Crippen LogP contribution in [0, 0.1) is 20.8 Å². The Hall–Kier alpha value is -2.95. The SMILES string of the molecule is Cc1cc(C)cc(N2C[C@@H](c3nc(-c4ccccc4C)no3)CC2=O)c1. The minimum absolute atomic E-state index is 0.0754. The monoisotopic (exact) mass is 347 g/mol. The summed E-state index contributed by atoms with van der Waals surface area (Å²) in [5.41, 5.74) is 5.29. The number of hydrogen-bond donors (Lipinski definition) is 0. The molecule has 1 aliphatic rings. The summed E-state index contributed by atoms with van der Waals surface area (Å²) in [6.07, 6.45) is 0.391. The zero-order chi connectivity index (χ0) is 18.3. The van der Waals surface area contributed by atoms with Crippen LogP contribution >= 0.6 is 0 Å². The second-order valence-corrected chi connectivity index (χ2v) is 7.02. The number of amides is 1. The summed E-state index contributed by atoms with van der Waals surface area (Å²) in [4.78, 5) is 18.9. The van der Waals surface area contributed by atoms with Gasteiger partial charge in [0.25, 0.3) is 0 Å². The Kier molecular flexibility index (Phi) is 4.07. The van der Waals surface area contributed by atoms with Gasteiger partial charge in [-0.3, -0.25) is 4.79 Å². The zero-order valence-corrected chi connectivity index (χ0v) is 15.2. The van der Waals surface area contributed by atoms with Crippen molar-refractivity contribution in [3.63, 3.8) is 0 Å². The molecule has 5 nitrogen and oxygen atoms in total. The van der Waals surface area contributed by atoms with E-state index < -0.39 is 0 Å². The third-order valence-corrected chi connectivity index (χ3v) is 4.82. The molecule has 2 aromatic carbocycles. The Labute approximate surface area is 152 Å². The summed E-state index contributed by atoms with van der Waals surface area (Å²) in [7, 11) is 0. The summed E-state index contributed by atoms with van der Waals surface area (Å²) < 4.78 is 5.50. The molecular formula is C21H21N3O2. The summed E-state index contributed by atoms with van der Waals surface area (Å²) >= 11 is 0. The van der Waals surface area contributed by atoms with E-state index in [0.717, 1.165) is 27.9 Å². The normalized spacial score (nSPS) is 17.1. The van der Waals surface area contributed by atoms with E-state index in [-0.39, 0.29) is 11.8 Å². The predicted molar refractivity (Wildman–Crippen MR) is 100 cm³/mol. The van der Waals surface area contributed by atoms with E-state index in [1.165, 1.54) is 0 Å². The van der Waals surface area contributed by atoms with Crippen molar-refractivity contribution in [1.82, 2.24) is 10.1 Å². The topological polar surface area (TPSA) is 59.2 Å². The average Bonchev–Trinajstić information content (AvgIpc) is 3.21. The number of benzene rings is 2. The van der Waals surface area contributed by atoms with Gasteiger partial charge < -0.3 is 9.42 Å². The van der Waals surface area contributed by atoms with Gasteiger partial charge in [0.05, 0.1) is 5.92 Å². The van der Waals surface area contributed by atoms with E-state index in [9.17, 15) is 4.79 Å². The van der Waals surface area contributed by atoms with Crippen LogP contribution in [0.5, 0.6) is 0 Å². The molecule has 5 heteroatoms. The molecule has 0 spiro atoms. The first kappa shape index (κ1) is 16.5. The van der Waals surface area contributed by atoms with Gasteiger partial charge in [0, 0.05) is 24.2 Å². The molecule has 4 rings (SSSR count). The smallest absolute Gasteiger partial charge is 0.232 e. The van der Waals surface area contributed by atoms with Crippen LogP contribution in [-0.4, -0.2) is 22.6 Å². The third-order valence-electron chi connectivity index (χ3n) is 4.82. The standard InChI is InChI=1S/C21H21N3O2/c1-13-8-14(2)10-17(9-13)24-12-16(11-19(24)25)21-22-20(23-26-21)18-7-5-4-6-15(18)3/h4-10,16H,11-12H2,1-3H3/t16-/m0/s1. The van der Waals surface area contributed by atoms with Crippen molar-refractivity contribution in [2.24, 2.45) is 0 Å². The highest BCUT2D eigenvalue weighted by Crippen LogP contribution is 2.33. The first-order valence-corrected chi connectivity index (χ1v) is 8.79. The lowest BCUT2D eigenvalue weighted by atomic mass is 10.1. The fraction of sp³-hybridized carbons (Fsp3) is 0.286. The van der Waals surface area contributed by atoms with Crippen LogP contribution in [0.25, 0.3) is 11.4 Å². The molecule has 1 aliphatic heterocycles. The molecular weight excluding hydrogens is 326 g/mol. The van der Waals surface area contributed by atoms with Gasteiger partial charge in [-0.1, -0.05) is 35.5 Å². The number of aryl methyl sites for hydroxylation is 3. The minimum Gasteiger partial charge on any atom is -0.339 e. The molecule has 3 aromatic rings. The number of carbonyl (C=O) groups is 1. The summed E-state index contributed by atoms with van der Waals surface area (Å²) in [6, 6.07) is 14.1. The number of rotatable bonds is 3. The van der Waals surface area contributed by atoms with Crippen molar-refractivity contribution in [3.8, 4) is 11.4 Å². The third kappa shape index (κ3) is 3.01. The van der Waals surface area contributed by atoms with Crippen LogP contribution in [0.4, 0.5) is 5.69 Å². The molecule has 0 bridgehead atoms. The number of hydrogen-bond acceptors (Lipinski definition) is 4. The molecule has 26 heavy (non-hydrogen) atoms. The molecule has 1 atom stereocenters. The Morgan fingerprint density at radius 1 is 1.08 bits per heavy atom. The second kappa shape index (κ2) is 6.41. The number of anilines is 1. The maximum atomic E-state index is 12.5. The largest absolute Gasteiger partial charge is 0.339 e. The molecule has 132 valence electrons. The summed E-state index contributed by atoms with van der Waals surface area (Å²) in [5.74, 6) is 1.13. The van der Waals surface area contributed by atoms with Crippen LogP contribution in [0.3, 0.4) is 0 Å². The maximum Gasteiger partial charge on any atom is 0.232 e. The highest BCUT2D eigenvalue weighted by molar-refractivity contribution is 5.96. The average molecular weight is 347 g/mol. The molecule has 1 fully saturated rings. The first-order valence-electron chi connectivity index (χ1n) is 8.79. The molecule has 0 aliphatic carbocycles. The van der Waals surface area contributed by atoms with E-state index in [1.54, 1.807) is 0 Å². The maximum absolute atomic E-state index is 12.5. The van der Waals surface area contributed by atoms with Gasteiger partial charge in [0.15, 0.2) is 0 Å². The molecule has 0 saturated carbocycles. The van der Waals surface area contributed by atoms with Crippen molar-refractivity contribution in [3.05, 3.63) is 65.0 Å². The van der Waals surface area contributed by atoms with E-state index in [4.69, 9.17) is 4.52 Å². The Morgan fingerprint density at radius 3 is 2.54 bits per heavy atom. The minimum atomic E-state index is -0.0754. The van der Waals surface area contributed by atoms with Gasteiger partial charge in [0.2, 0.25) is 17.6 Å². The molecule has 2 heterocycles. The van der Waals surface area contributed by atoms with E-state index in [2.05, 4.69) is 16.2 Å². The number of aromatic nitrogens is 2. The van der Waals surface area contributed by atoms with Crippen LogP contribution in [0.15, 0.2) is 47.0 Å². The molecule has 1 saturated heterocycles. The second-order valence-electron chi connectivity index (χ2n) is 7.02. The van der Waals surface area contributed by atoms with Crippen LogP contribution in [-0.2, 0) is 4.79 Å². The fourth-order valence-corrected chi connectivity index (χ4v) is 3.56. The van der Waals surface area contributed by atoms with E-state index >= 15 is 0 Å². The number of nitrogens with zero attached hydrogens (tertiary/aromatic N) is 3. The lowest BCUT2D eigenvalue weighted by molar-refractivity contribution is -0.117. The van der Waals surface area contributed by atoms with Crippen molar-refractivity contribution in [2.45, 2.75) is 33.1 Å². The van der Waals surface area contributed by atoms with Gasteiger partial charge in [-0.05, 0) is 49.6 Å². The molecule has 0 radical (unpaired) electrons. The van der Waals surface area contributed by atoms with Gasteiger partial charge >= 0.3 is 0 Å². The van der Waals surface area contributed by atoms with Gasteiger partial charge in [-0.25, -0.2) is 0 Å². The van der Waals surface area contributed by atoms with Crippen LogP contribution in [0.2, 0.25) is 0 Å². The van der Waals surface area contributed by atoms with Gasteiger partial charge in [0.1, 0.15) is 0 Å². The lowest BCUT2D eigenvalue weighted by Gasteiger charge is -2.17. The zero-order valence-electron chi connectivity index (χ0n) is 15.2. The lowest BCUT2D eigenvalue weighted by Crippen LogP contribution is -2.24. The highest BCUT2D eigenvalue weighted by atomic mass is 16.5. The van der Waals surface area contributed by atoms with Crippen LogP contribution < -0.4 is 4.90 Å². The van der Waals surface area contributed by atoms with Gasteiger partial charge in [-0.15, -0.1) is 0 Å². The molecule has 1 amide bonds. The number of carbonyl (C=O) groups excluding carboxylic acids is 1. The van der Waals surface area contributed by atoms with Gasteiger partial charge in [-0.2, -0.15) is 4.98 Å². The quantitative estimate of drug-likeness (QED) is 0.713.